The third-order valence-electron chi connectivity index (χ3n) is 6.20. The molecule has 2 aliphatic heterocycles. The lowest BCUT2D eigenvalue weighted by Crippen LogP contribution is -2.41. The monoisotopic (exact) mass is 533 g/mol. The molecule has 0 spiro atoms. The molecule has 3 aromatic rings. The number of H-pyrrole nitrogens is 1. The second kappa shape index (κ2) is 9.92. The van der Waals surface area contributed by atoms with E-state index in [4.69, 9.17) is 9.73 Å². The van der Waals surface area contributed by atoms with Gasteiger partial charge in [0.15, 0.2) is 5.03 Å². The van der Waals surface area contributed by atoms with Crippen LogP contribution in [0.2, 0.25) is 0 Å². The van der Waals surface area contributed by atoms with Crippen LogP contribution in [0.15, 0.2) is 52.6 Å². The Morgan fingerprint density at radius 3 is 2.77 bits per heavy atom. The predicted octanol–water partition coefficient (Wildman–Crippen LogP) is 2.32. The van der Waals surface area contributed by atoms with Crippen molar-refractivity contribution in [2.75, 3.05) is 56.1 Å². The van der Waals surface area contributed by atoms with E-state index in [1.807, 2.05) is 12.1 Å². The maximum absolute atomic E-state index is 13.2. The number of aromatic nitrogens is 2. The molecule has 0 aliphatic carbocycles. The maximum atomic E-state index is 13.2. The second-order valence-electron chi connectivity index (χ2n) is 8.47. The summed E-state index contributed by atoms with van der Waals surface area (Å²) in [7, 11) is -1.47. The van der Waals surface area contributed by atoms with Gasteiger partial charge in [0.25, 0.3) is 10.0 Å². The number of fused-ring (bicyclic) bond motifs is 1. The number of hydrogen-bond acceptors (Lipinski definition) is 8. The fraction of sp³-hybridized carbons (Fsp3) is 0.391. The Balaban J connectivity index is 1.41. The standard InChI is InChI=1S/C23H27N5O4S3/c1-27(35(30,31)21-5-3-4-6-24-21)20-13-17(32-2)11-16-12-19(26-22(16)20)23-25-14-18(33-23)15-28-7-9-34(29)10-8-28/h3-6,11-13,18,26H,7-10,14-15H2,1-2H3. The molecular formula is C23H27N5O4S3. The number of thioether (sulfide) groups is 1. The topological polar surface area (TPSA) is 108 Å². The molecule has 1 saturated heterocycles. The molecule has 1 N–H and O–H groups in total. The molecular weight excluding hydrogens is 506 g/mol. The molecule has 4 heterocycles. The van der Waals surface area contributed by atoms with Gasteiger partial charge in [0.1, 0.15) is 10.8 Å². The predicted molar refractivity (Wildman–Crippen MR) is 142 cm³/mol. The minimum Gasteiger partial charge on any atom is -0.497 e. The van der Waals surface area contributed by atoms with Crippen LogP contribution in [0.3, 0.4) is 0 Å². The lowest BCUT2D eigenvalue weighted by atomic mass is 10.2. The Hall–Kier alpha value is -2.41. The van der Waals surface area contributed by atoms with Gasteiger partial charge in [-0.2, -0.15) is 8.42 Å². The zero-order valence-corrected chi connectivity index (χ0v) is 22.0. The minimum absolute atomic E-state index is 0.0228. The summed E-state index contributed by atoms with van der Waals surface area (Å²) in [5.41, 5.74) is 2.01. The van der Waals surface area contributed by atoms with Crippen LogP contribution in [0.5, 0.6) is 5.75 Å². The van der Waals surface area contributed by atoms with Gasteiger partial charge >= 0.3 is 0 Å². The lowest BCUT2D eigenvalue weighted by molar-refractivity contribution is 0.302. The van der Waals surface area contributed by atoms with E-state index in [9.17, 15) is 12.6 Å². The molecule has 0 radical (unpaired) electrons. The highest BCUT2D eigenvalue weighted by molar-refractivity contribution is 8.15. The fourth-order valence-electron chi connectivity index (χ4n) is 4.26. The first-order chi connectivity index (χ1) is 16.8. The van der Waals surface area contributed by atoms with Crippen molar-refractivity contribution in [1.29, 1.82) is 0 Å². The van der Waals surface area contributed by atoms with Crippen molar-refractivity contribution in [3.05, 3.63) is 48.3 Å². The highest BCUT2D eigenvalue weighted by Crippen LogP contribution is 2.36. The largest absolute Gasteiger partial charge is 0.497 e. The Labute approximate surface area is 211 Å². The van der Waals surface area contributed by atoms with Crippen LogP contribution in [-0.4, -0.2) is 89.6 Å². The summed E-state index contributed by atoms with van der Waals surface area (Å²) in [6.07, 6.45) is 1.46. The van der Waals surface area contributed by atoms with Crippen LogP contribution < -0.4 is 9.04 Å². The summed E-state index contributed by atoms with van der Waals surface area (Å²) < 4.78 is 44.8. The molecule has 5 rings (SSSR count). The Morgan fingerprint density at radius 1 is 1.26 bits per heavy atom. The van der Waals surface area contributed by atoms with Crippen LogP contribution in [0.25, 0.3) is 10.9 Å². The minimum atomic E-state index is -3.86. The fourth-order valence-corrected chi connectivity index (χ4v) is 7.65. The van der Waals surface area contributed by atoms with Crippen molar-refractivity contribution in [2.24, 2.45) is 4.99 Å². The molecule has 35 heavy (non-hydrogen) atoms. The number of sulfonamides is 1. The highest BCUT2D eigenvalue weighted by Gasteiger charge is 2.28. The van der Waals surface area contributed by atoms with Gasteiger partial charge in [-0.1, -0.05) is 17.8 Å². The van der Waals surface area contributed by atoms with Gasteiger partial charge < -0.3 is 14.6 Å². The van der Waals surface area contributed by atoms with Crippen LogP contribution in [0, 0.1) is 0 Å². The smallest absolute Gasteiger partial charge is 0.281 e. The number of aromatic amines is 1. The number of pyridine rings is 1. The Bertz CT molecular complexity index is 1380. The lowest BCUT2D eigenvalue weighted by Gasteiger charge is -2.27. The summed E-state index contributed by atoms with van der Waals surface area (Å²) >= 11 is 1.73. The molecule has 2 aromatic heterocycles. The molecule has 0 saturated carbocycles. The summed E-state index contributed by atoms with van der Waals surface area (Å²) in [5, 5.41) is 2.06. The molecule has 2 aliphatic rings. The summed E-state index contributed by atoms with van der Waals surface area (Å²) in [6, 6.07) is 10.4. The van der Waals surface area contributed by atoms with E-state index >= 15 is 0 Å². The van der Waals surface area contributed by atoms with E-state index < -0.39 is 20.8 Å². The molecule has 0 bridgehead atoms. The van der Waals surface area contributed by atoms with Gasteiger partial charge in [0.05, 0.1) is 30.6 Å². The number of nitrogens with one attached hydrogen (secondary N) is 1. The van der Waals surface area contributed by atoms with Crippen molar-refractivity contribution in [1.82, 2.24) is 14.9 Å². The first-order valence-corrected chi connectivity index (χ1v) is 15.1. The van der Waals surface area contributed by atoms with E-state index in [1.54, 1.807) is 37.1 Å². The zero-order chi connectivity index (χ0) is 24.6. The zero-order valence-electron chi connectivity index (χ0n) is 19.5. The van der Waals surface area contributed by atoms with Crippen molar-refractivity contribution < 1.29 is 17.4 Å². The first-order valence-electron chi connectivity index (χ1n) is 11.2. The number of methoxy groups -OCH3 is 1. The Morgan fingerprint density at radius 2 is 2.06 bits per heavy atom. The molecule has 1 unspecified atom stereocenters. The number of ether oxygens (including phenoxy) is 1. The van der Waals surface area contributed by atoms with Crippen molar-refractivity contribution in [3.63, 3.8) is 0 Å². The molecule has 186 valence electrons. The van der Waals surface area contributed by atoms with Crippen molar-refractivity contribution in [3.8, 4) is 5.75 Å². The number of nitrogens with zero attached hydrogens (tertiary/aromatic N) is 4. The molecule has 1 aromatic carbocycles. The van der Waals surface area contributed by atoms with E-state index in [0.29, 0.717) is 22.2 Å². The summed E-state index contributed by atoms with van der Waals surface area (Å²) in [4.78, 5) is 14.6. The van der Waals surface area contributed by atoms with E-state index in [1.165, 1.54) is 23.6 Å². The normalized spacial score (nSPS) is 19.7. The van der Waals surface area contributed by atoms with Crippen molar-refractivity contribution in [2.45, 2.75) is 10.3 Å². The Kier molecular flexibility index (Phi) is 6.88. The maximum Gasteiger partial charge on any atom is 0.281 e. The molecule has 0 amide bonds. The van der Waals surface area contributed by atoms with Gasteiger partial charge in [-0.05, 0) is 24.3 Å². The third kappa shape index (κ3) is 4.97. The van der Waals surface area contributed by atoms with Gasteiger partial charge in [0, 0.05) is 71.9 Å². The SMILES string of the molecule is COc1cc(N(C)S(=O)(=O)c2ccccn2)c2[nH]c(C3=NCC(CN4CCS(=O)CC4)S3)cc2c1. The number of benzene rings is 1. The highest BCUT2D eigenvalue weighted by atomic mass is 32.2. The number of rotatable bonds is 7. The van der Waals surface area contributed by atoms with Crippen LogP contribution in [0.4, 0.5) is 5.69 Å². The quantitative estimate of drug-likeness (QED) is 0.497. The van der Waals surface area contributed by atoms with E-state index in [2.05, 4.69) is 14.9 Å². The molecule has 1 atom stereocenters. The van der Waals surface area contributed by atoms with Crippen molar-refractivity contribution >= 4 is 54.2 Å². The number of aliphatic imine (C=N–C) groups is 1. The average molecular weight is 534 g/mol. The molecule has 12 heteroatoms. The molecule has 9 nitrogen and oxygen atoms in total. The van der Waals surface area contributed by atoms with E-state index in [-0.39, 0.29) is 5.03 Å². The number of anilines is 1. The number of hydrogen-bond donors (Lipinski definition) is 1. The van der Waals surface area contributed by atoms with E-state index in [0.717, 1.165) is 53.8 Å². The average Bonchev–Trinajstić information content (AvgIpc) is 3.52. The van der Waals surface area contributed by atoms with Gasteiger partial charge in [-0.15, -0.1) is 0 Å². The second-order valence-corrected chi connectivity index (χ2v) is 13.4. The van der Waals surface area contributed by atoms with Gasteiger partial charge in [-0.3, -0.25) is 13.5 Å². The summed E-state index contributed by atoms with van der Waals surface area (Å²) in [6.45, 7) is 3.37. The molecule has 1 fully saturated rings. The van der Waals surface area contributed by atoms with Crippen LogP contribution in [0.1, 0.15) is 5.69 Å². The van der Waals surface area contributed by atoms with Crippen LogP contribution in [-0.2, 0) is 20.8 Å². The van der Waals surface area contributed by atoms with Gasteiger partial charge in [0.2, 0.25) is 0 Å². The van der Waals surface area contributed by atoms with Gasteiger partial charge in [-0.25, -0.2) is 4.98 Å². The third-order valence-corrected chi connectivity index (χ3v) is 10.4. The van der Waals surface area contributed by atoms with Crippen LogP contribution >= 0.6 is 11.8 Å². The first kappa shape index (κ1) is 24.3. The summed E-state index contributed by atoms with van der Waals surface area (Å²) in [5.74, 6) is 2.04.